The predicted molar refractivity (Wildman–Crippen MR) is 141 cm³/mol. The van der Waals surface area contributed by atoms with Gasteiger partial charge in [-0.15, -0.1) is 5.75 Å². The quantitative estimate of drug-likeness (QED) is 0.311. The van der Waals surface area contributed by atoms with Crippen LogP contribution in [0.5, 0.6) is 17.2 Å². The summed E-state index contributed by atoms with van der Waals surface area (Å²) in [5.41, 5.74) is 5.17. The summed E-state index contributed by atoms with van der Waals surface area (Å²) in [6.45, 7) is 2.47. The van der Waals surface area contributed by atoms with Crippen LogP contribution < -0.4 is 24.5 Å². The maximum atomic E-state index is 13.6. The highest BCUT2D eigenvalue weighted by Crippen LogP contribution is 2.29. The van der Waals surface area contributed by atoms with Crippen molar-refractivity contribution in [3.05, 3.63) is 124 Å². The molecule has 5 aromatic rings. The molecule has 7 heteroatoms. The first-order valence-electron chi connectivity index (χ1n) is 12.1. The van der Waals surface area contributed by atoms with Crippen LogP contribution in [0.1, 0.15) is 22.3 Å². The third-order valence-corrected chi connectivity index (χ3v) is 6.45. The van der Waals surface area contributed by atoms with E-state index in [0.29, 0.717) is 35.8 Å². The number of hydrogen-bond donors (Lipinski definition) is 0. The number of benzene rings is 3. The molecule has 5 rings (SSSR count). The van der Waals surface area contributed by atoms with E-state index in [1.807, 2.05) is 59.1 Å². The largest absolute Gasteiger partial charge is 0.872 e. The summed E-state index contributed by atoms with van der Waals surface area (Å²) in [6, 6.07) is 27.2. The van der Waals surface area contributed by atoms with Crippen molar-refractivity contribution in [2.24, 2.45) is 0 Å². The Bertz CT molecular complexity index is 1720. The van der Waals surface area contributed by atoms with Gasteiger partial charge in [-0.1, -0.05) is 48.5 Å². The first-order chi connectivity index (χ1) is 18.5. The second-order valence-corrected chi connectivity index (χ2v) is 8.90. The van der Waals surface area contributed by atoms with E-state index < -0.39 is 0 Å². The van der Waals surface area contributed by atoms with Crippen LogP contribution in [-0.4, -0.2) is 11.7 Å². The third kappa shape index (κ3) is 4.80. The minimum absolute atomic E-state index is 0.0765. The second kappa shape index (κ2) is 10.5. The van der Waals surface area contributed by atoms with Gasteiger partial charge in [-0.25, -0.2) is 4.79 Å². The molecule has 0 bridgehead atoms. The van der Waals surface area contributed by atoms with Crippen LogP contribution in [0.2, 0.25) is 0 Å². The Morgan fingerprint density at radius 1 is 0.947 bits per heavy atom. The SMILES string of the molecule is COc1cc(Cn2c(=O)c(C)c(-c3ccc([O-])cc3)[n+]3ccccc23)ccc1OCc1ccc(C#N)cc1. The van der Waals surface area contributed by atoms with E-state index >= 15 is 0 Å². The van der Waals surface area contributed by atoms with Crippen LogP contribution >= 0.6 is 0 Å². The Morgan fingerprint density at radius 2 is 1.68 bits per heavy atom. The van der Waals surface area contributed by atoms with Gasteiger partial charge in [0.25, 0.3) is 5.65 Å². The van der Waals surface area contributed by atoms with Gasteiger partial charge in [0.2, 0.25) is 0 Å². The molecule has 0 unspecified atom stereocenters. The number of aromatic nitrogens is 2. The lowest BCUT2D eigenvalue weighted by molar-refractivity contribution is -0.504. The lowest BCUT2D eigenvalue weighted by Crippen LogP contribution is -2.38. The highest BCUT2D eigenvalue weighted by molar-refractivity contribution is 5.61. The standard InChI is InChI=1S/C31H25N3O4/c1-21-30(25-11-13-26(35)14-12-25)33-16-4-3-5-29(33)34(31(21)36)19-24-10-15-27(28(17-24)37-2)38-20-23-8-6-22(18-32)7-9-23/h3-17H,19-20H2,1-2H3. The maximum Gasteiger partial charge on any atom is 0.341 e. The molecule has 38 heavy (non-hydrogen) atoms. The highest BCUT2D eigenvalue weighted by atomic mass is 16.5. The molecule has 0 aliphatic heterocycles. The van der Waals surface area contributed by atoms with Gasteiger partial charge in [0, 0.05) is 11.6 Å². The average Bonchev–Trinajstić information content (AvgIpc) is 2.96. The zero-order chi connectivity index (χ0) is 26.6. The monoisotopic (exact) mass is 503 g/mol. The van der Waals surface area contributed by atoms with Crippen LogP contribution in [0.3, 0.4) is 0 Å². The highest BCUT2D eigenvalue weighted by Gasteiger charge is 2.22. The van der Waals surface area contributed by atoms with Gasteiger partial charge >= 0.3 is 5.56 Å². The van der Waals surface area contributed by atoms with Crippen molar-refractivity contribution in [2.45, 2.75) is 20.1 Å². The molecule has 188 valence electrons. The minimum atomic E-state index is -0.113. The van der Waals surface area contributed by atoms with Crippen LogP contribution in [0.15, 0.2) is 95.9 Å². The van der Waals surface area contributed by atoms with Gasteiger partial charge in [0.15, 0.2) is 17.2 Å². The fraction of sp³-hybridized carbons (Fsp3) is 0.129. The lowest BCUT2D eigenvalue weighted by Gasteiger charge is -2.14. The van der Waals surface area contributed by atoms with Crippen molar-refractivity contribution >= 4 is 5.65 Å². The molecular formula is C31H25N3O4. The molecule has 2 aromatic heterocycles. The number of nitrogens with zero attached hydrogens (tertiary/aromatic N) is 3. The molecule has 0 saturated carbocycles. The summed E-state index contributed by atoms with van der Waals surface area (Å²) in [5.74, 6) is 1.07. The van der Waals surface area contributed by atoms with E-state index in [4.69, 9.17) is 14.7 Å². The van der Waals surface area contributed by atoms with Crippen LogP contribution in [-0.2, 0) is 13.2 Å². The minimum Gasteiger partial charge on any atom is -0.872 e. The molecule has 0 aliphatic carbocycles. The molecule has 0 spiro atoms. The summed E-state index contributed by atoms with van der Waals surface area (Å²) < 4.78 is 15.3. The number of rotatable bonds is 7. The zero-order valence-electron chi connectivity index (χ0n) is 21.0. The van der Waals surface area contributed by atoms with Crippen LogP contribution in [0, 0.1) is 18.3 Å². The molecule has 0 saturated heterocycles. The van der Waals surface area contributed by atoms with E-state index in [0.717, 1.165) is 28.0 Å². The molecule has 0 fully saturated rings. The van der Waals surface area contributed by atoms with Crippen molar-refractivity contribution in [2.75, 3.05) is 7.11 Å². The van der Waals surface area contributed by atoms with Gasteiger partial charge in [-0.3, -0.25) is 0 Å². The molecule has 0 amide bonds. The first kappa shape index (κ1) is 24.6. The molecule has 7 nitrogen and oxygen atoms in total. The number of fused-ring (bicyclic) bond motifs is 1. The summed E-state index contributed by atoms with van der Waals surface area (Å²) in [4.78, 5) is 13.6. The molecule has 0 aliphatic rings. The maximum absolute atomic E-state index is 13.6. The first-order valence-corrected chi connectivity index (χ1v) is 12.1. The molecule has 3 aromatic carbocycles. The molecule has 0 radical (unpaired) electrons. The molecular weight excluding hydrogens is 478 g/mol. The van der Waals surface area contributed by atoms with E-state index in [1.165, 1.54) is 12.1 Å². The van der Waals surface area contributed by atoms with E-state index in [-0.39, 0.29) is 11.3 Å². The van der Waals surface area contributed by atoms with Gasteiger partial charge in [-0.05, 0) is 48.4 Å². The number of hydrogen-bond acceptors (Lipinski definition) is 5. The van der Waals surface area contributed by atoms with E-state index in [1.54, 1.807) is 42.9 Å². The zero-order valence-corrected chi connectivity index (χ0v) is 21.0. The topological polar surface area (TPSA) is 91.4 Å². The molecule has 2 heterocycles. The summed E-state index contributed by atoms with van der Waals surface area (Å²) in [5, 5.41) is 20.6. The number of pyridine rings is 1. The van der Waals surface area contributed by atoms with Gasteiger partial charge in [0.1, 0.15) is 13.2 Å². The van der Waals surface area contributed by atoms with Gasteiger partial charge in [0.05, 0.1) is 30.5 Å². The van der Waals surface area contributed by atoms with Crippen molar-refractivity contribution < 1.29 is 19.0 Å². The fourth-order valence-corrected chi connectivity index (χ4v) is 4.50. The van der Waals surface area contributed by atoms with E-state index in [2.05, 4.69) is 6.07 Å². The predicted octanol–water partition coefficient (Wildman–Crippen LogP) is 4.14. The Morgan fingerprint density at radius 3 is 2.39 bits per heavy atom. The molecule has 0 N–H and O–H groups in total. The Hall–Kier alpha value is -5.09. The lowest BCUT2D eigenvalue weighted by atomic mass is 10.1. The number of ether oxygens (including phenoxy) is 2. The number of nitriles is 1. The Balaban J connectivity index is 1.47. The van der Waals surface area contributed by atoms with Gasteiger partial charge < -0.3 is 14.6 Å². The van der Waals surface area contributed by atoms with Crippen molar-refractivity contribution in [3.63, 3.8) is 0 Å². The van der Waals surface area contributed by atoms with E-state index in [9.17, 15) is 9.90 Å². The van der Waals surface area contributed by atoms with Crippen molar-refractivity contribution in [1.82, 2.24) is 4.57 Å². The summed E-state index contributed by atoms with van der Waals surface area (Å²) in [6.07, 6.45) is 1.92. The third-order valence-electron chi connectivity index (χ3n) is 6.45. The summed E-state index contributed by atoms with van der Waals surface area (Å²) >= 11 is 0. The molecule has 0 atom stereocenters. The Kier molecular flexibility index (Phi) is 6.79. The Labute approximate surface area is 220 Å². The fourth-order valence-electron chi connectivity index (χ4n) is 4.50. The van der Waals surface area contributed by atoms with Gasteiger partial charge in [-0.2, -0.15) is 14.2 Å². The van der Waals surface area contributed by atoms with Crippen molar-refractivity contribution in [1.29, 1.82) is 5.26 Å². The van der Waals surface area contributed by atoms with Crippen molar-refractivity contribution in [3.8, 4) is 34.6 Å². The second-order valence-electron chi connectivity index (χ2n) is 8.90. The average molecular weight is 504 g/mol. The summed E-state index contributed by atoms with van der Waals surface area (Å²) in [7, 11) is 1.58. The van der Waals surface area contributed by atoms with Crippen LogP contribution in [0.4, 0.5) is 0 Å². The number of methoxy groups -OCH3 is 1. The smallest absolute Gasteiger partial charge is 0.341 e. The normalized spacial score (nSPS) is 10.8. The van der Waals surface area contributed by atoms with Crippen LogP contribution in [0.25, 0.3) is 16.9 Å².